The van der Waals surface area contributed by atoms with E-state index in [2.05, 4.69) is 41.4 Å². The van der Waals surface area contributed by atoms with Crippen molar-refractivity contribution >= 4 is 5.78 Å². The first-order chi connectivity index (χ1) is 16.6. The Kier molecular flexibility index (Phi) is 5.64. The highest BCUT2D eigenvalue weighted by atomic mass is 19.1. The van der Waals surface area contributed by atoms with Crippen LogP contribution in [0.1, 0.15) is 38.3 Å². The van der Waals surface area contributed by atoms with E-state index in [-0.39, 0.29) is 11.5 Å². The lowest BCUT2D eigenvalue weighted by Gasteiger charge is -2.37. The summed E-state index contributed by atoms with van der Waals surface area (Å²) in [5.41, 5.74) is 3.24. The number of halogens is 1. The third kappa shape index (κ3) is 3.54. The maximum absolute atomic E-state index is 14.1. The van der Waals surface area contributed by atoms with E-state index in [0.717, 1.165) is 16.7 Å². The molecule has 4 aromatic carbocycles. The molecule has 0 radical (unpaired) electrons. The molecule has 0 aliphatic heterocycles. The number of rotatable bonds is 6. The zero-order valence-corrected chi connectivity index (χ0v) is 18.7. The summed E-state index contributed by atoms with van der Waals surface area (Å²) in [6.45, 7) is 1.61. The van der Waals surface area contributed by atoms with Crippen molar-refractivity contribution in [3.05, 3.63) is 161 Å². The van der Waals surface area contributed by atoms with Crippen molar-refractivity contribution in [1.82, 2.24) is 9.55 Å². The minimum Gasteiger partial charge on any atom is -0.318 e. The molecule has 1 aromatic heterocycles. The fourth-order valence-electron chi connectivity index (χ4n) is 4.60. The fourth-order valence-corrected chi connectivity index (χ4v) is 4.60. The molecule has 34 heavy (non-hydrogen) atoms. The van der Waals surface area contributed by atoms with Crippen molar-refractivity contribution in [2.24, 2.45) is 0 Å². The second kappa shape index (κ2) is 8.91. The predicted octanol–water partition coefficient (Wildman–Crippen LogP) is 6.40. The average molecular weight is 447 g/mol. The molecule has 1 heterocycles. The molecule has 0 spiro atoms. The molecule has 0 aliphatic carbocycles. The third-order valence-corrected chi connectivity index (χ3v) is 6.29. The average Bonchev–Trinajstić information content (AvgIpc) is 3.38. The van der Waals surface area contributed by atoms with E-state index < -0.39 is 11.4 Å². The van der Waals surface area contributed by atoms with E-state index in [4.69, 9.17) is 0 Å². The number of hydrogen-bond acceptors (Lipinski definition) is 2. The zero-order valence-electron chi connectivity index (χ0n) is 18.7. The second-order valence-electron chi connectivity index (χ2n) is 8.22. The maximum Gasteiger partial charge on any atom is 0.213 e. The molecule has 0 amide bonds. The normalized spacial score (nSPS) is 11.4. The van der Waals surface area contributed by atoms with E-state index in [9.17, 15) is 9.18 Å². The van der Waals surface area contributed by atoms with Crippen molar-refractivity contribution in [2.75, 3.05) is 0 Å². The van der Waals surface area contributed by atoms with Crippen LogP contribution in [0.5, 0.6) is 0 Å². The van der Waals surface area contributed by atoms with Gasteiger partial charge in [0.05, 0.1) is 6.33 Å². The van der Waals surface area contributed by atoms with Gasteiger partial charge < -0.3 is 4.57 Å². The number of aromatic nitrogens is 2. The summed E-state index contributed by atoms with van der Waals surface area (Å²) in [5, 5.41) is 0. The number of carbonyl (C=O) groups is 1. The minimum atomic E-state index is -0.758. The van der Waals surface area contributed by atoms with Gasteiger partial charge in [-0.15, -0.1) is 0 Å². The van der Waals surface area contributed by atoms with Crippen molar-refractivity contribution < 1.29 is 9.18 Å². The lowest BCUT2D eigenvalue weighted by Crippen LogP contribution is -2.37. The Balaban J connectivity index is 1.75. The smallest absolute Gasteiger partial charge is 0.213 e. The van der Waals surface area contributed by atoms with Crippen LogP contribution in [0.4, 0.5) is 4.39 Å². The van der Waals surface area contributed by atoms with Gasteiger partial charge in [0, 0.05) is 11.8 Å². The van der Waals surface area contributed by atoms with Crippen molar-refractivity contribution in [3.63, 3.8) is 0 Å². The summed E-state index contributed by atoms with van der Waals surface area (Å²) in [7, 11) is 0. The molecule has 0 atom stereocenters. The molecule has 0 unspecified atom stereocenters. The highest BCUT2D eigenvalue weighted by molar-refractivity contribution is 6.08. The minimum absolute atomic E-state index is 0.265. The van der Waals surface area contributed by atoms with E-state index in [1.54, 1.807) is 31.6 Å². The largest absolute Gasteiger partial charge is 0.318 e. The predicted molar refractivity (Wildman–Crippen MR) is 131 cm³/mol. The quantitative estimate of drug-likeness (QED) is 0.223. The van der Waals surface area contributed by atoms with Gasteiger partial charge in [-0.3, -0.25) is 4.79 Å². The van der Waals surface area contributed by atoms with Gasteiger partial charge >= 0.3 is 0 Å². The summed E-state index contributed by atoms with van der Waals surface area (Å²) >= 11 is 0. The highest BCUT2D eigenvalue weighted by Gasteiger charge is 2.38. The summed E-state index contributed by atoms with van der Waals surface area (Å²) in [4.78, 5) is 17.8. The SMILES string of the molecule is Cc1c(F)cccc1C(=O)c1cn(C(c2ccccc2)(c2ccccc2)c2ccccc2)cn1. The first-order valence-corrected chi connectivity index (χ1v) is 11.1. The van der Waals surface area contributed by atoms with Crippen molar-refractivity contribution in [1.29, 1.82) is 0 Å². The lowest BCUT2D eigenvalue weighted by atomic mass is 9.77. The van der Waals surface area contributed by atoms with Crippen LogP contribution < -0.4 is 0 Å². The Morgan fingerprint density at radius 1 is 0.735 bits per heavy atom. The number of carbonyl (C=O) groups excluding carboxylic acids is 1. The molecule has 5 aromatic rings. The molecule has 0 bridgehead atoms. The number of nitrogens with zero attached hydrogens (tertiary/aromatic N) is 2. The monoisotopic (exact) mass is 446 g/mol. The van der Waals surface area contributed by atoms with Gasteiger partial charge in [0.25, 0.3) is 0 Å². The van der Waals surface area contributed by atoms with Gasteiger partial charge in [0.2, 0.25) is 5.78 Å². The van der Waals surface area contributed by atoms with Gasteiger partial charge in [-0.05, 0) is 35.2 Å². The molecule has 166 valence electrons. The fraction of sp³-hybridized carbons (Fsp3) is 0.0667. The van der Waals surface area contributed by atoms with Crippen LogP contribution in [0.3, 0.4) is 0 Å². The molecular formula is C30H23FN2O. The Labute approximate surface area is 198 Å². The molecule has 4 heteroatoms. The molecule has 0 saturated carbocycles. The maximum atomic E-state index is 14.1. The number of imidazole rings is 1. The molecule has 0 fully saturated rings. The first-order valence-electron chi connectivity index (χ1n) is 11.1. The van der Waals surface area contributed by atoms with Crippen LogP contribution in [0.25, 0.3) is 0 Å². The van der Waals surface area contributed by atoms with Gasteiger partial charge in [-0.25, -0.2) is 9.37 Å². The summed E-state index contributed by atoms with van der Waals surface area (Å²) in [5.74, 6) is -0.712. The summed E-state index contributed by atoms with van der Waals surface area (Å²) in [6.07, 6.45) is 3.45. The first kappa shape index (κ1) is 21.5. The van der Waals surface area contributed by atoms with Crippen LogP contribution >= 0.6 is 0 Å². The Hall–Kier alpha value is -4.31. The second-order valence-corrected chi connectivity index (χ2v) is 8.22. The molecule has 3 nitrogen and oxygen atoms in total. The summed E-state index contributed by atoms with van der Waals surface area (Å²) in [6, 6.07) is 35.0. The Morgan fingerprint density at radius 2 is 1.24 bits per heavy atom. The van der Waals surface area contributed by atoms with Crippen molar-refractivity contribution in [3.8, 4) is 0 Å². The number of benzene rings is 4. The molecule has 0 N–H and O–H groups in total. The standard InChI is InChI=1S/C30H23FN2O/c1-22-26(18-11-19-27(22)31)29(34)28-20-33(21-32-28)30(23-12-5-2-6-13-23,24-14-7-3-8-15-24)25-16-9-4-10-17-25/h2-21H,1H3. The molecule has 0 saturated heterocycles. The Morgan fingerprint density at radius 3 is 1.74 bits per heavy atom. The van der Waals surface area contributed by atoms with Crippen LogP contribution in [-0.2, 0) is 5.54 Å². The zero-order chi connectivity index (χ0) is 23.5. The van der Waals surface area contributed by atoms with E-state index >= 15 is 0 Å². The summed E-state index contributed by atoms with van der Waals surface area (Å²) < 4.78 is 16.1. The third-order valence-electron chi connectivity index (χ3n) is 6.29. The van der Waals surface area contributed by atoms with Crippen LogP contribution in [-0.4, -0.2) is 15.3 Å². The topological polar surface area (TPSA) is 34.9 Å². The van der Waals surface area contributed by atoms with Gasteiger partial charge in [-0.1, -0.05) is 103 Å². The van der Waals surface area contributed by atoms with Crippen molar-refractivity contribution in [2.45, 2.75) is 12.5 Å². The number of ketones is 1. The van der Waals surface area contributed by atoms with E-state index in [1.807, 2.05) is 59.2 Å². The van der Waals surface area contributed by atoms with E-state index in [1.165, 1.54) is 6.07 Å². The van der Waals surface area contributed by atoms with Crippen LogP contribution in [0.15, 0.2) is 122 Å². The van der Waals surface area contributed by atoms with Gasteiger partial charge in [0.15, 0.2) is 0 Å². The van der Waals surface area contributed by atoms with E-state index in [0.29, 0.717) is 11.1 Å². The van der Waals surface area contributed by atoms with Gasteiger partial charge in [-0.2, -0.15) is 0 Å². The molecular weight excluding hydrogens is 423 g/mol. The molecule has 5 rings (SSSR count). The lowest BCUT2D eigenvalue weighted by molar-refractivity contribution is 0.103. The molecule has 0 aliphatic rings. The Bertz CT molecular complexity index is 1330. The highest BCUT2D eigenvalue weighted by Crippen LogP contribution is 2.40. The van der Waals surface area contributed by atoms with Crippen LogP contribution in [0, 0.1) is 12.7 Å². The van der Waals surface area contributed by atoms with Gasteiger partial charge in [0.1, 0.15) is 17.1 Å². The number of hydrogen-bond donors (Lipinski definition) is 0. The van der Waals surface area contributed by atoms with Crippen LogP contribution in [0.2, 0.25) is 0 Å².